The summed E-state index contributed by atoms with van der Waals surface area (Å²) in [6.07, 6.45) is 0.704. The van der Waals surface area contributed by atoms with Gasteiger partial charge < -0.3 is 11.1 Å². The lowest BCUT2D eigenvalue weighted by Crippen LogP contribution is -2.36. The molecule has 0 saturated heterocycles. The maximum absolute atomic E-state index is 11.7. The Kier molecular flexibility index (Phi) is 5.21. The molecule has 1 aromatic carbocycles. The molecule has 16 heavy (non-hydrogen) atoms. The van der Waals surface area contributed by atoms with Crippen molar-refractivity contribution in [1.82, 2.24) is 0 Å². The lowest BCUT2D eigenvalue weighted by atomic mass is 10.0. The van der Waals surface area contributed by atoms with Crippen molar-refractivity contribution >= 4 is 34.2 Å². The Balaban J connectivity index is 2.57. The van der Waals surface area contributed by atoms with Crippen LogP contribution in [0.1, 0.15) is 20.3 Å². The van der Waals surface area contributed by atoms with Gasteiger partial charge >= 0.3 is 0 Å². The van der Waals surface area contributed by atoms with Gasteiger partial charge in [-0.25, -0.2) is 0 Å². The predicted molar refractivity (Wildman–Crippen MR) is 75.2 cm³/mol. The fourth-order valence-electron chi connectivity index (χ4n) is 1.42. The van der Waals surface area contributed by atoms with Crippen molar-refractivity contribution in [2.45, 2.75) is 26.3 Å². The molecule has 0 fully saturated rings. The lowest BCUT2D eigenvalue weighted by Gasteiger charge is -2.14. The molecule has 0 aromatic heterocycles. The molecule has 4 heteroatoms. The minimum atomic E-state index is -0.433. The second-order valence-electron chi connectivity index (χ2n) is 4.24. The first-order chi connectivity index (χ1) is 7.49. The largest absolute Gasteiger partial charge is 0.325 e. The van der Waals surface area contributed by atoms with Crippen LogP contribution < -0.4 is 11.1 Å². The summed E-state index contributed by atoms with van der Waals surface area (Å²) in [4.78, 5) is 11.7. The number of rotatable bonds is 4. The number of carbonyl (C=O) groups is 1. The van der Waals surface area contributed by atoms with Gasteiger partial charge in [0.2, 0.25) is 5.91 Å². The zero-order valence-electron chi connectivity index (χ0n) is 9.53. The van der Waals surface area contributed by atoms with Crippen molar-refractivity contribution in [3.63, 3.8) is 0 Å². The number of nitrogens with two attached hydrogens (primary N) is 1. The predicted octanol–water partition coefficient (Wildman–Crippen LogP) is 2.60. The maximum atomic E-state index is 11.7. The smallest absolute Gasteiger partial charge is 0.241 e. The first-order valence-electron chi connectivity index (χ1n) is 5.31. The molecule has 3 N–H and O–H groups in total. The summed E-state index contributed by atoms with van der Waals surface area (Å²) in [5.74, 6) is 0.312. The van der Waals surface area contributed by atoms with Crippen LogP contribution in [0.4, 0.5) is 5.69 Å². The minimum Gasteiger partial charge on any atom is -0.325 e. The molecule has 1 aromatic rings. The van der Waals surface area contributed by atoms with Crippen molar-refractivity contribution in [1.29, 1.82) is 0 Å². The van der Waals surface area contributed by atoms with Gasteiger partial charge in [0.25, 0.3) is 0 Å². The third kappa shape index (κ3) is 4.49. The van der Waals surface area contributed by atoms with Gasteiger partial charge in [-0.05, 0) is 53.1 Å². The molecule has 0 spiro atoms. The Labute approximate surface area is 110 Å². The van der Waals surface area contributed by atoms with Crippen LogP contribution in [0.15, 0.2) is 24.3 Å². The second-order valence-corrected chi connectivity index (χ2v) is 5.48. The highest BCUT2D eigenvalue weighted by atomic mass is 127. The van der Waals surface area contributed by atoms with Gasteiger partial charge in [-0.3, -0.25) is 4.79 Å². The number of nitrogens with one attached hydrogen (secondary N) is 1. The van der Waals surface area contributed by atoms with Gasteiger partial charge in [-0.15, -0.1) is 0 Å². The van der Waals surface area contributed by atoms with E-state index in [1.54, 1.807) is 0 Å². The van der Waals surface area contributed by atoms with Crippen LogP contribution >= 0.6 is 22.6 Å². The van der Waals surface area contributed by atoms with E-state index in [4.69, 9.17) is 5.73 Å². The van der Waals surface area contributed by atoms with Gasteiger partial charge in [-0.1, -0.05) is 19.9 Å². The number of hydrogen-bond donors (Lipinski definition) is 2. The highest BCUT2D eigenvalue weighted by Crippen LogP contribution is 2.13. The Morgan fingerprint density at radius 1 is 1.50 bits per heavy atom. The van der Waals surface area contributed by atoms with Crippen LogP contribution in [-0.2, 0) is 4.79 Å². The topological polar surface area (TPSA) is 55.1 Å². The summed E-state index contributed by atoms with van der Waals surface area (Å²) in [6.45, 7) is 4.11. The molecule has 0 aliphatic rings. The van der Waals surface area contributed by atoms with Crippen molar-refractivity contribution in [3.8, 4) is 0 Å². The van der Waals surface area contributed by atoms with Crippen molar-refractivity contribution in [2.24, 2.45) is 11.7 Å². The summed E-state index contributed by atoms with van der Waals surface area (Å²) in [5, 5.41) is 2.82. The molecule has 0 aliphatic heterocycles. The molecular weight excluding hydrogens is 315 g/mol. The van der Waals surface area contributed by atoms with Crippen molar-refractivity contribution in [2.75, 3.05) is 5.32 Å². The van der Waals surface area contributed by atoms with Gasteiger partial charge in [0.15, 0.2) is 0 Å². The zero-order chi connectivity index (χ0) is 12.1. The van der Waals surface area contributed by atoms with Crippen LogP contribution in [0, 0.1) is 9.49 Å². The molecule has 0 bridgehead atoms. The van der Waals surface area contributed by atoms with Crippen molar-refractivity contribution < 1.29 is 4.79 Å². The van der Waals surface area contributed by atoms with E-state index in [1.165, 1.54) is 0 Å². The number of amides is 1. The van der Waals surface area contributed by atoms with E-state index < -0.39 is 6.04 Å². The second kappa shape index (κ2) is 6.20. The summed E-state index contributed by atoms with van der Waals surface area (Å²) in [5.41, 5.74) is 6.59. The molecule has 0 radical (unpaired) electrons. The number of carbonyl (C=O) groups excluding carboxylic acids is 1. The standard InChI is InChI=1S/C12H17IN2O/c1-8(2)6-11(14)12(16)15-10-5-3-4-9(13)7-10/h3-5,7-8,11H,6,14H2,1-2H3,(H,15,16)/t11-/m1/s1. The Morgan fingerprint density at radius 3 is 2.75 bits per heavy atom. The van der Waals surface area contributed by atoms with Crippen LogP contribution in [0.2, 0.25) is 0 Å². The van der Waals surface area contributed by atoms with Gasteiger partial charge in [0, 0.05) is 9.26 Å². The lowest BCUT2D eigenvalue weighted by molar-refractivity contribution is -0.117. The monoisotopic (exact) mass is 332 g/mol. The maximum Gasteiger partial charge on any atom is 0.241 e. The highest BCUT2D eigenvalue weighted by Gasteiger charge is 2.14. The molecule has 0 aliphatic carbocycles. The van der Waals surface area contributed by atoms with E-state index in [-0.39, 0.29) is 5.91 Å². The fraction of sp³-hybridized carbons (Fsp3) is 0.417. The molecule has 0 unspecified atom stereocenters. The van der Waals surface area contributed by atoms with Gasteiger partial charge in [0.05, 0.1) is 6.04 Å². The van der Waals surface area contributed by atoms with Crippen molar-refractivity contribution in [3.05, 3.63) is 27.8 Å². The number of halogens is 1. The minimum absolute atomic E-state index is 0.115. The van der Waals surface area contributed by atoms with E-state index in [0.717, 1.165) is 9.26 Å². The Bertz CT molecular complexity index is 366. The molecular formula is C12H17IN2O. The van der Waals surface area contributed by atoms with E-state index in [0.29, 0.717) is 12.3 Å². The summed E-state index contributed by atoms with van der Waals surface area (Å²) >= 11 is 2.21. The van der Waals surface area contributed by atoms with E-state index in [2.05, 4.69) is 41.8 Å². The average molecular weight is 332 g/mol. The van der Waals surface area contributed by atoms with E-state index in [1.807, 2.05) is 24.3 Å². The SMILES string of the molecule is CC(C)C[C@@H](N)C(=O)Nc1cccc(I)c1. The number of hydrogen-bond acceptors (Lipinski definition) is 2. The molecule has 3 nitrogen and oxygen atoms in total. The molecule has 88 valence electrons. The van der Waals surface area contributed by atoms with Crippen LogP contribution in [-0.4, -0.2) is 11.9 Å². The summed E-state index contributed by atoms with van der Waals surface area (Å²) < 4.78 is 1.09. The molecule has 0 heterocycles. The van der Waals surface area contributed by atoms with E-state index in [9.17, 15) is 4.79 Å². The molecule has 1 amide bonds. The van der Waals surface area contributed by atoms with E-state index >= 15 is 0 Å². The summed E-state index contributed by atoms with van der Waals surface area (Å²) in [7, 11) is 0. The van der Waals surface area contributed by atoms with Gasteiger partial charge in [0.1, 0.15) is 0 Å². The van der Waals surface area contributed by atoms with Crippen LogP contribution in [0.25, 0.3) is 0 Å². The quantitative estimate of drug-likeness (QED) is 0.833. The zero-order valence-corrected chi connectivity index (χ0v) is 11.7. The normalized spacial score (nSPS) is 12.6. The molecule has 1 atom stereocenters. The van der Waals surface area contributed by atoms with Crippen LogP contribution in [0.3, 0.4) is 0 Å². The molecule has 0 saturated carbocycles. The first kappa shape index (κ1) is 13.4. The van der Waals surface area contributed by atoms with Gasteiger partial charge in [-0.2, -0.15) is 0 Å². The Hall–Kier alpha value is -0.620. The first-order valence-corrected chi connectivity index (χ1v) is 6.39. The third-order valence-corrected chi connectivity index (χ3v) is 2.83. The Morgan fingerprint density at radius 2 is 2.19 bits per heavy atom. The fourth-order valence-corrected chi connectivity index (χ4v) is 1.96. The summed E-state index contributed by atoms with van der Waals surface area (Å²) in [6, 6.07) is 7.23. The number of anilines is 1. The molecule has 1 rings (SSSR count). The highest BCUT2D eigenvalue weighted by molar-refractivity contribution is 14.1. The third-order valence-electron chi connectivity index (χ3n) is 2.15. The number of benzene rings is 1. The average Bonchev–Trinajstić information content (AvgIpc) is 2.16. The van der Waals surface area contributed by atoms with Crippen LogP contribution in [0.5, 0.6) is 0 Å².